The van der Waals surface area contributed by atoms with Gasteiger partial charge in [-0.15, -0.1) is 0 Å². The van der Waals surface area contributed by atoms with Crippen LogP contribution < -0.4 is 21.3 Å². The van der Waals surface area contributed by atoms with E-state index >= 15 is 0 Å². The summed E-state index contributed by atoms with van der Waals surface area (Å²) >= 11 is 0. The van der Waals surface area contributed by atoms with Gasteiger partial charge >= 0.3 is 11.9 Å². The van der Waals surface area contributed by atoms with Crippen molar-refractivity contribution in [3.8, 4) is 0 Å². The number of rotatable bonds is 30. The molecule has 53 heavy (non-hydrogen) atoms. The molecule has 0 aliphatic carbocycles. The van der Waals surface area contributed by atoms with E-state index in [-0.39, 0.29) is 67.9 Å². The zero-order valence-corrected chi connectivity index (χ0v) is 31.8. The fourth-order valence-electron chi connectivity index (χ4n) is 4.79. The summed E-state index contributed by atoms with van der Waals surface area (Å²) in [6, 6.07) is -1.31. The van der Waals surface area contributed by atoms with Gasteiger partial charge in [0.05, 0.1) is 18.9 Å². The van der Waals surface area contributed by atoms with Crippen molar-refractivity contribution in [3.63, 3.8) is 0 Å². The van der Waals surface area contributed by atoms with Crippen LogP contribution >= 0.6 is 0 Å². The van der Waals surface area contributed by atoms with Crippen LogP contribution in [-0.4, -0.2) is 93.6 Å². The molecule has 0 saturated heterocycles. The van der Waals surface area contributed by atoms with Crippen molar-refractivity contribution in [2.75, 3.05) is 6.54 Å². The van der Waals surface area contributed by atoms with Gasteiger partial charge in [0, 0.05) is 44.7 Å². The van der Waals surface area contributed by atoms with Crippen molar-refractivity contribution in [2.24, 2.45) is 0 Å². The monoisotopic (exact) mass is 763 g/mol. The number of carbonyl (C=O) groups excluding carboxylic acids is 7. The lowest BCUT2D eigenvalue weighted by Gasteiger charge is -2.19. The van der Waals surface area contributed by atoms with Crippen LogP contribution in [0.5, 0.6) is 0 Å². The normalized spacial score (nSPS) is 12.1. The van der Waals surface area contributed by atoms with Crippen molar-refractivity contribution in [3.05, 3.63) is 0 Å². The second kappa shape index (κ2) is 36.1. The van der Waals surface area contributed by atoms with Gasteiger partial charge in [0.1, 0.15) is 19.5 Å². The zero-order valence-electron chi connectivity index (χ0n) is 32.8. The second-order valence-corrected chi connectivity index (χ2v) is 12.7. The maximum Gasteiger partial charge on any atom is 0.303 e. The third-order valence-corrected chi connectivity index (χ3v) is 7.70. The molecule has 3 unspecified atom stereocenters. The summed E-state index contributed by atoms with van der Waals surface area (Å²) in [5.74, 6) is -3.47. The van der Waals surface area contributed by atoms with Crippen molar-refractivity contribution in [2.45, 2.75) is 168 Å². The average molecular weight is 764 g/mol. The lowest BCUT2D eigenvalue weighted by atomic mass is 10.0. The Morgan fingerprint density at radius 2 is 1.13 bits per heavy atom. The van der Waals surface area contributed by atoms with Gasteiger partial charge in [0.2, 0.25) is 23.6 Å². The topological polar surface area (TPSA) is 262 Å². The van der Waals surface area contributed by atoms with Gasteiger partial charge in [-0.2, -0.15) is 0 Å². The Balaban J connectivity index is -0.00000101. The molecule has 0 aliphatic rings. The standard InChI is InChI=1S/C22H39N3O6.C14H23NO5.FHO/c1-3-4-5-6-11-18(25-20(28)13-14-21(29)30)22(31)23-15-8-7-10-17(2)24-19(27)12-9-16-26;1-10(16)6-4-3-5-7-12(11(2)17)15-13(18)8-9-14(19)20;1-2/h16-18H,3-15H2,1-2H3,(H,23,31)(H,24,27)(H,25,28)(H,29,30);12H,3-9H2,1-2H3,(H,15,18)(H,19,20);2H/i16D;;. The minimum Gasteiger partial charge on any atom is -0.481 e. The smallest absolute Gasteiger partial charge is 0.303 e. The van der Waals surface area contributed by atoms with E-state index in [2.05, 4.69) is 28.2 Å². The Kier molecular flexibility index (Phi) is 34.6. The predicted molar refractivity (Wildman–Crippen MR) is 194 cm³/mol. The first-order chi connectivity index (χ1) is 25.5. The molecule has 7 N–H and O–H groups in total. The number of unbranched alkanes of at least 4 members (excludes halogenated alkanes) is 6. The summed E-state index contributed by atoms with van der Waals surface area (Å²) in [6.07, 6.45) is 8.35. The molecule has 0 aliphatic heterocycles. The van der Waals surface area contributed by atoms with E-state index in [1.165, 1.54) is 6.92 Å². The molecule has 4 amide bonds. The van der Waals surface area contributed by atoms with Gasteiger partial charge in [-0.3, -0.25) is 33.6 Å². The molecule has 0 rings (SSSR count). The number of amides is 4. The molecule has 0 radical (unpaired) electrons. The summed E-state index contributed by atoms with van der Waals surface area (Å²) in [6.45, 7) is 7.32. The fourth-order valence-corrected chi connectivity index (χ4v) is 4.79. The van der Waals surface area contributed by atoms with Gasteiger partial charge in [0.15, 0.2) is 5.78 Å². The van der Waals surface area contributed by atoms with E-state index in [4.69, 9.17) is 21.4 Å². The minimum atomic E-state index is -1.06. The Morgan fingerprint density at radius 1 is 0.642 bits per heavy atom. The van der Waals surface area contributed by atoms with Crippen molar-refractivity contribution >= 4 is 53.4 Å². The fraction of sp³-hybridized carbons (Fsp3) is 0.750. The van der Waals surface area contributed by atoms with Crippen molar-refractivity contribution in [1.29, 1.82) is 0 Å². The molecule has 0 saturated carbocycles. The number of hydrogen-bond acceptors (Lipinski definition) is 10. The number of hydrogen-bond donors (Lipinski definition) is 7. The van der Waals surface area contributed by atoms with Crippen molar-refractivity contribution in [1.82, 2.24) is 21.3 Å². The van der Waals surface area contributed by atoms with Crippen LogP contribution in [-0.2, 0) is 43.2 Å². The third kappa shape index (κ3) is 37.3. The van der Waals surface area contributed by atoms with Gasteiger partial charge in [-0.25, -0.2) is 5.31 Å². The van der Waals surface area contributed by atoms with Gasteiger partial charge in [-0.05, 0) is 59.3 Å². The number of aliphatic carboxylic acids is 2. The SMILES string of the molecule is CC(=O)CCCCCC(NC(=O)CCC(=O)O)C(C)=O.OF.[2H]C(=O)CCC(=O)NC(C)CCCCNC(=O)C(CCCCCC)NC(=O)CCC(=O)O. The van der Waals surface area contributed by atoms with Crippen LogP contribution in [0.15, 0.2) is 0 Å². The van der Waals surface area contributed by atoms with Crippen LogP contribution in [0.1, 0.15) is 151 Å². The highest BCUT2D eigenvalue weighted by atomic mass is 19.3. The highest BCUT2D eigenvalue weighted by Gasteiger charge is 2.21. The maximum atomic E-state index is 12.5. The van der Waals surface area contributed by atoms with Gasteiger partial charge in [-0.1, -0.05) is 50.0 Å². The summed E-state index contributed by atoms with van der Waals surface area (Å²) < 4.78 is 15.3. The molecule has 0 aromatic heterocycles. The maximum absolute atomic E-state index is 12.5. The van der Waals surface area contributed by atoms with E-state index in [0.717, 1.165) is 51.4 Å². The molecule has 0 heterocycles. The zero-order chi connectivity index (χ0) is 41.9. The quantitative estimate of drug-likeness (QED) is 0.0410. The molecule has 17 heteroatoms. The van der Waals surface area contributed by atoms with Crippen LogP contribution in [0.25, 0.3) is 0 Å². The molecule has 3 atom stereocenters. The number of aldehydes is 1. The molecule has 0 bridgehead atoms. The minimum absolute atomic E-state index is 0.0144. The molecule has 0 aromatic rings. The summed E-state index contributed by atoms with van der Waals surface area (Å²) in [7, 11) is 0. The molecular formula is C36H63FN4O12. The predicted octanol–water partition coefficient (Wildman–Crippen LogP) is 3.40. The third-order valence-electron chi connectivity index (χ3n) is 7.70. The number of nitrogens with one attached hydrogen (secondary N) is 4. The summed E-state index contributed by atoms with van der Waals surface area (Å²) in [4.78, 5) is 101. The van der Waals surface area contributed by atoms with Crippen LogP contribution in [0.3, 0.4) is 0 Å². The number of ketones is 2. The van der Waals surface area contributed by atoms with E-state index in [1.54, 1.807) is 6.92 Å². The molecular weight excluding hydrogens is 699 g/mol. The highest BCUT2D eigenvalue weighted by molar-refractivity contribution is 5.89. The first-order valence-electron chi connectivity index (χ1n) is 18.7. The number of halogens is 1. The van der Waals surface area contributed by atoms with Crippen LogP contribution in [0.2, 0.25) is 0 Å². The number of Topliss-reactive ketones (excluding diaryl/α,β-unsaturated/α-hetero) is 2. The van der Waals surface area contributed by atoms with Crippen molar-refractivity contribution < 1.29 is 64.6 Å². The lowest BCUT2D eigenvalue weighted by Crippen LogP contribution is -2.47. The molecule has 306 valence electrons. The lowest BCUT2D eigenvalue weighted by molar-refractivity contribution is -0.139. The summed E-state index contributed by atoms with van der Waals surface area (Å²) in [5, 5.41) is 33.5. The summed E-state index contributed by atoms with van der Waals surface area (Å²) in [5.41, 5.74) is 0. The molecule has 16 nitrogen and oxygen atoms in total. The second-order valence-electron chi connectivity index (χ2n) is 12.7. The Labute approximate surface area is 313 Å². The Hall–Kier alpha value is -4.28. The van der Waals surface area contributed by atoms with E-state index < -0.39 is 42.1 Å². The van der Waals surface area contributed by atoms with Crippen LogP contribution in [0.4, 0.5) is 4.53 Å². The number of carboxylic acids is 2. The molecule has 0 fully saturated rings. The largest absolute Gasteiger partial charge is 0.481 e. The molecule has 0 spiro atoms. The first kappa shape index (κ1) is 50.8. The van der Waals surface area contributed by atoms with Gasteiger partial charge < -0.3 is 41.1 Å². The molecule has 0 aromatic carbocycles. The highest BCUT2D eigenvalue weighted by Crippen LogP contribution is 2.09. The average Bonchev–Trinajstić information content (AvgIpc) is 3.10. The number of carboxylic acid groups (broad SMARTS) is 2. The first-order valence-corrected chi connectivity index (χ1v) is 18.2. The van der Waals surface area contributed by atoms with E-state index in [9.17, 15) is 43.2 Å². The van der Waals surface area contributed by atoms with E-state index in [1.807, 2.05) is 6.92 Å². The Morgan fingerprint density at radius 3 is 1.62 bits per heavy atom. The Bertz CT molecular complexity index is 1160. The van der Waals surface area contributed by atoms with E-state index in [0.29, 0.717) is 38.6 Å². The van der Waals surface area contributed by atoms with Crippen LogP contribution in [0, 0.1) is 0 Å². The number of carbonyl (C=O) groups is 9. The van der Waals surface area contributed by atoms with Gasteiger partial charge in [0.25, 0.3) is 0 Å².